The van der Waals surface area contributed by atoms with Gasteiger partial charge in [0.1, 0.15) is 5.82 Å². The van der Waals surface area contributed by atoms with Gasteiger partial charge >= 0.3 is 0 Å². The van der Waals surface area contributed by atoms with Crippen molar-refractivity contribution in [2.24, 2.45) is 0 Å². The lowest BCUT2D eigenvalue weighted by molar-refractivity contribution is 0.425. The molecule has 0 aliphatic heterocycles. The SMILES string of the molecule is CN(C)CCNc1nc(/C=C/c2ccc(Cl)cc2)nc2ccc(C3=CCCCC3)cc12. The van der Waals surface area contributed by atoms with Gasteiger partial charge in [0.25, 0.3) is 0 Å². The Hall–Kier alpha value is -2.69. The van der Waals surface area contributed by atoms with Crippen molar-refractivity contribution < 1.29 is 0 Å². The van der Waals surface area contributed by atoms with E-state index in [9.17, 15) is 0 Å². The highest BCUT2D eigenvalue weighted by molar-refractivity contribution is 6.30. The van der Waals surface area contributed by atoms with Crippen molar-refractivity contribution >= 4 is 46.0 Å². The fraction of sp³-hybridized carbons (Fsp3) is 0.308. The summed E-state index contributed by atoms with van der Waals surface area (Å²) in [5.74, 6) is 1.58. The third-order valence-electron chi connectivity index (χ3n) is 5.52. The zero-order valence-corrected chi connectivity index (χ0v) is 19.0. The molecule has 0 unspecified atom stereocenters. The van der Waals surface area contributed by atoms with Crippen molar-refractivity contribution in [2.75, 3.05) is 32.5 Å². The first-order valence-corrected chi connectivity index (χ1v) is 11.3. The summed E-state index contributed by atoms with van der Waals surface area (Å²) in [6, 6.07) is 14.3. The van der Waals surface area contributed by atoms with Gasteiger partial charge in [0.2, 0.25) is 0 Å². The number of hydrogen-bond donors (Lipinski definition) is 1. The largest absolute Gasteiger partial charge is 0.368 e. The molecule has 0 atom stereocenters. The average Bonchev–Trinajstić information content (AvgIpc) is 2.79. The fourth-order valence-electron chi connectivity index (χ4n) is 3.80. The van der Waals surface area contributed by atoms with Crippen LogP contribution in [0.5, 0.6) is 0 Å². The van der Waals surface area contributed by atoms with Gasteiger partial charge in [-0.05, 0) is 86.8 Å². The number of halogens is 1. The van der Waals surface area contributed by atoms with Crippen molar-refractivity contribution in [1.29, 1.82) is 0 Å². The molecule has 0 radical (unpaired) electrons. The molecule has 1 aromatic heterocycles. The van der Waals surface area contributed by atoms with Crippen LogP contribution in [0.25, 0.3) is 28.6 Å². The van der Waals surface area contributed by atoms with Crippen LogP contribution in [-0.2, 0) is 0 Å². The highest BCUT2D eigenvalue weighted by atomic mass is 35.5. The molecule has 1 aliphatic carbocycles. The summed E-state index contributed by atoms with van der Waals surface area (Å²) in [5, 5.41) is 5.34. The molecule has 160 valence electrons. The highest BCUT2D eigenvalue weighted by Gasteiger charge is 2.11. The number of hydrogen-bond acceptors (Lipinski definition) is 4. The molecule has 0 fully saturated rings. The minimum absolute atomic E-state index is 0.694. The number of benzene rings is 2. The summed E-state index contributed by atoms with van der Waals surface area (Å²) in [7, 11) is 4.15. The van der Waals surface area contributed by atoms with Crippen LogP contribution in [0.15, 0.2) is 48.5 Å². The second-order valence-electron chi connectivity index (χ2n) is 8.25. The molecule has 31 heavy (non-hydrogen) atoms. The number of allylic oxidation sites excluding steroid dienone is 2. The quantitative estimate of drug-likeness (QED) is 0.470. The molecule has 3 aromatic rings. The molecule has 0 bridgehead atoms. The van der Waals surface area contributed by atoms with E-state index in [4.69, 9.17) is 21.6 Å². The molecule has 1 aliphatic rings. The molecule has 0 saturated carbocycles. The van der Waals surface area contributed by atoms with Crippen LogP contribution in [0, 0.1) is 0 Å². The zero-order valence-electron chi connectivity index (χ0n) is 18.2. The van der Waals surface area contributed by atoms with Crippen molar-refractivity contribution in [3.05, 3.63) is 70.5 Å². The summed E-state index contributed by atoms with van der Waals surface area (Å²) in [5.41, 5.74) is 4.75. The lowest BCUT2D eigenvalue weighted by Crippen LogP contribution is -2.21. The van der Waals surface area contributed by atoms with Crippen molar-refractivity contribution in [1.82, 2.24) is 14.9 Å². The third kappa shape index (κ3) is 5.72. The summed E-state index contributed by atoms with van der Waals surface area (Å²) in [6.45, 7) is 1.76. The fourth-order valence-corrected chi connectivity index (χ4v) is 3.92. The van der Waals surface area contributed by atoms with E-state index in [1.165, 1.54) is 30.4 Å². The van der Waals surface area contributed by atoms with Gasteiger partial charge in [0.05, 0.1) is 5.52 Å². The number of rotatable bonds is 7. The Morgan fingerprint density at radius 3 is 2.61 bits per heavy atom. The van der Waals surface area contributed by atoms with Gasteiger partial charge in [-0.15, -0.1) is 0 Å². The topological polar surface area (TPSA) is 41.0 Å². The Kier molecular flexibility index (Phi) is 7.00. The third-order valence-corrected chi connectivity index (χ3v) is 5.77. The van der Waals surface area contributed by atoms with E-state index in [1.54, 1.807) is 0 Å². The smallest absolute Gasteiger partial charge is 0.154 e. The molecule has 0 saturated heterocycles. The second kappa shape index (κ2) is 10.1. The molecule has 0 amide bonds. The maximum absolute atomic E-state index is 5.99. The Bertz CT molecular complexity index is 1100. The average molecular weight is 433 g/mol. The van der Waals surface area contributed by atoms with E-state index in [0.29, 0.717) is 5.82 Å². The summed E-state index contributed by atoms with van der Waals surface area (Å²) in [6.07, 6.45) is 11.2. The van der Waals surface area contributed by atoms with E-state index in [1.807, 2.05) is 36.4 Å². The van der Waals surface area contributed by atoms with Crippen molar-refractivity contribution in [3.63, 3.8) is 0 Å². The summed E-state index contributed by atoms with van der Waals surface area (Å²) in [4.78, 5) is 11.8. The molecular weight excluding hydrogens is 404 g/mol. The van der Waals surface area contributed by atoms with E-state index < -0.39 is 0 Å². The standard InChI is InChI=1S/C26H29ClN4/c1-31(2)17-16-28-26-23-18-21(20-6-4-3-5-7-20)11-14-24(23)29-25(30-26)15-10-19-8-12-22(27)13-9-19/h6,8-15,18H,3-5,7,16-17H2,1-2H3,(H,28,29,30)/b15-10+. The zero-order chi connectivity index (χ0) is 21.6. The minimum atomic E-state index is 0.694. The maximum atomic E-state index is 5.99. The van der Waals surface area contributed by atoms with Crippen LogP contribution in [0.3, 0.4) is 0 Å². The lowest BCUT2D eigenvalue weighted by Gasteiger charge is -2.16. The van der Waals surface area contributed by atoms with Gasteiger partial charge in [-0.2, -0.15) is 0 Å². The van der Waals surface area contributed by atoms with Crippen LogP contribution in [0.1, 0.15) is 42.6 Å². The molecule has 0 spiro atoms. The number of fused-ring (bicyclic) bond motifs is 1. The highest BCUT2D eigenvalue weighted by Crippen LogP contribution is 2.30. The van der Waals surface area contributed by atoms with Crippen molar-refractivity contribution in [3.8, 4) is 0 Å². The summed E-state index contributed by atoms with van der Waals surface area (Å²) < 4.78 is 0. The van der Waals surface area contributed by atoms with Gasteiger partial charge in [-0.25, -0.2) is 9.97 Å². The molecule has 1 heterocycles. The monoisotopic (exact) mass is 432 g/mol. The summed E-state index contributed by atoms with van der Waals surface area (Å²) >= 11 is 5.99. The second-order valence-corrected chi connectivity index (χ2v) is 8.69. The number of nitrogens with one attached hydrogen (secondary N) is 1. The normalized spacial score (nSPS) is 14.4. The van der Waals surface area contributed by atoms with Gasteiger partial charge < -0.3 is 10.2 Å². The number of nitrogens with zero attached hydrogens (tertiary/aromatic N) is 3. The molecule has 4 rings (SSSR count). The molecular formula is C26H29ClN4. The van der Waals surface area contributed by atoms with Crippen molar-refractivity contribution in [2.45, 2.75) is 25.7 Å². The molecule has 4 nitrogen and oxygen atoms in total. The van der Waals surface area contributed by atoms with Gasteiger partial charge in [0, 0.05) is 23.5 Å². The van der Waals surface area contributed by atoms with E-state index in [2.05, 4.69) is 48.6 Å². The number of aromatic nitrogens is 2. The van der Waals surface area contributed by atoms with E-state index in [0.717, 1.165) is 46.8 Å². The Labute approximate surface area is 189 Å². The van der Waals surface area contributed by atoms with Crippen LogP contribution in [0.2, 0.25) is 5.02 Å². The van der Waals surface area contributed by atoms with Crippen LogP contribution >= 0.6 is 11.6 Å². The predicted octanol–water partition coefficient (Wildman–Crippen LogP) is 6.38. The first-order chi connectivity index (χ1) is 15.1. The molecule has 1 N–H and O–H groups in total. The number of likely N-dealkylation sites (N-methyl/N-ethyl adjacent to an activating group) is 1. The Morgan fingerprint density at radius 2 is 1.87 bits per heavy atom. The van der Waals surface area contributed by atoms with Gasteiger partial charge in [0.15, 0.2) is 5.82 Å². The first kappa shape index (κ1) is 21.5. The minimum Gasteiger partial charge on any atom is -0.368 e. The number of anilines is 1. The Balaban J connectivity index is 1.68. The van der Waals surface area contributed by atoms with Gasteiger partial charge in [-0.1, -0.05) is 42.0 Å². The van der Waals surface area contributed by atoms with Crippen LogP contribution in [0.4, 0.5) is 5.82 Å². The lowest BCUT2D eigenvalue weighted by atomic mass is 9.93. The molecule has 2 aromatic carbocycles. The van der Waals surface area contributed by atoms with E-state index >= 15 is 0 Å². The van der Waals surface area contributed by atoms with E-state index in [-0.39, 0.29) is 0 Å². The van der Waals surface area contributed by atoms with Crippen LogP contribution in [-0.4, -0.2) is 42.1 Å². The van der Waals surface area contributed by atoms with Crippen LogP contribution < -0.4 is 5.32 Å². The molecule has 5 heteroatoms. The predicted molar refractivity (Wildman–Crippen MR) is 133 cm³/mol. The van der Waals surface area contributed by atoms with Gasteiger partial charge in [-0.3, -0.25) is 0 Å². The maximum Gasteiger partial charge on any atom is 0.154 e. The first-order valence-electron chi connectivity index (χ1n) is 10.9. The Morgan fingerprint density at radius 1 is 1.03 bits per heavy atom.